The SMILES string of the molecule is CCCC(C=O)N1Cc2cc(N)ccc2C1=O. The van der Waals surface area contributed by atoms with Crippen molar-refractivity contribution in [1.82, 2.24) is 4.90 Å². The van der Waals surface area contributed by atoms with Gasteiger partial charge in [-0.25, -0.2) is 0 Å². The molecule has 2 N–H and O–H groups in total. The zero-order valence-corrected chi connectivity index (χ0v) is 9.85. The van der Waals surface area contributed by atoms with Crippen molar-refractivity contribution in [2.45, 2.75) is 32.4 Å². The highest BCUT2D eigenvalue weighted by Crippen LogP contribution is 2.27. The number of amides is 1. The topological polar surface area (TPSA) is 63.4 Å². The molecular weight excluding hydrogens is 216 g/mol. The van der Waals surface area contributed by atoms with E-state index in [4.69, 9.17) is 5.73 Å². The predicted octanol–water partition coefficient (Wildman–Crippen LogP) is 1.59. The third-order valence-corrected chi connectivity index (χ3v) is 3.10. The number of fused-ring (bicyclic) bond motifs is 1. The first-order chi connectivity index (χ1) is 8.17. The smallest absolute Gasteiger partial charge is 0.255 e. The Kier molecular flexibility index (Phi) is 3.13. The van der Waals surface area contributed by atoms with Crippen molar-refractivity contribution in [3.8, 4) is 0 Å². The summed E-state index contributed by atoms with van der Waals surface area (Å²) in [5.74, 6) is -0.0643. The zero-order chi connectivity index (χ0) is 12.4. The van der Waals surface area contributed by atoms with Crippen LogP contribution in [0.15, 0.2) is 18.2 Å². The van der Waals surface area contributed by atoms with E-state index >= 15 is 0 Å². The van der Waals surface area contributed by atoms with E-state index in [-0.39, 0.29) is 11.9 Å². The summed E-state index contributed by atoms with van der Waals surface area (Å²) in [6, 6.07) is 4.94. The van der Waals surface area contributed by atoms with Gasteiger partial charge < -0.3 is 15.4 Å². The number of hydrogen-bond donors (Lipinski definition) is 1. The van der Waals surface area contributed by atoms with Crippen LogP contribution in [0.3, 0.4) is 0 Å². The number of aldehydes is 1. The number of benzene rings is 1. The molecule has 0 saturated heterocycles. The van der Waals surface area contributed by atoms with E-state index in [0.717, 1.165) is 18.3 Å². The highest BCUT2D eigenvalue weighted by molar-refractivity contribution is 6.00. The maximum Gasteiger partial charge on any atom is 0.255 e. The van der Waals surface area contributed by atoms with Crippen LogP contribution in [0.25, 0.3) is 0 Å². The summed E-state index contributed by atoms with van der Waals surface area (Å²) in [4.78, 5) is 24.8. The van der Waals surface area contributed by atoms with Crippen molar-refractivity contribution in [3.05, 3.63) is 29.3 Å². The van der Waals surface area contributed by atoms with Crippen LogP contribution < -0.4 is 5.73 Å². The van der Waals surface area contributed by atoms with Crippen molar-refractivity contribution in [1.29, 1.82) is 0 Å². The fourth-order valence-electron chi connectivity index (χ4n) is 2.22. The summed E-state index contributed by atoms with van der Waals surface area (Å²) in [5, 5.41) is 0. The van der Waals surface area contributed by atoms with Gasteiger partial charge in [0.05, 0.1) is 6.04 Å². The molecule has 1 atom stereocenters. The summed E-state index contributed by atoms with van der Waals surface area (Å²) >= 11 is 0. The lowest BCUT2D eigenvalue weighted by Crippen LogP contribution is -2.36. The largest absolute Gasteiger partial charge is 0.399 e. The predicted molar refractivity (Wildman–Crippen MR) is 65.5 cm³/mol. The Morgan fingerprint density at radius 2 is 2.29 bits per heavy atom. The second-order valence-electron chi connectivity index (χ2n) is 4.34. The minimum atomic E-state index is -0.318. The average molecular weight is 232 g/mol. The molecule has 0 aromatic heterocycles. The Balaban J connectivity index is 2.27. The van der Waals surface area contributed by atoms with Gasteiger partial charge in [0.1, 0.15) is 6.29 Å². The maximum absolute atomic E-state index is 12.1. The summed E-state index contributed by atoms with van der Waals surface area (Å²) in [7, 11) is 0. The van der Waals surface area contributed by atoms with Crippen molar-refractivity contribution < 1.29 is 9.59 Å². The molecule has 4 nitrogen and oxygen atoms in total. The van der Waals surface area contributed by atoms with Crippen LogP contribution in [0.2, 0.25) is 0 Å². The van der Waals surface area contributed by atoms with E-state index in [1.165, 1.54) is 0 Å². The van der Waals surface area contributed by atoms with E-state index in [0.29, 0.717) is 24.2 Å². The molecule has 1 amide bonds. The van der Waals surface area contributed by atoms with Crippen LogP contribution in [-0.2, 0) is 11.3 Å². The first-order valence-electron chi connectivity index (χ1n) is 5.82. The van der Waals surface area contributed by atoms with Crippen molar-refractivity contribution in [2.75, 3.05) is 5.73 Å². The van der Waals surface area contributed by atoms with Gasteiger partial charge in [0.25, 0.3) is 5.91 Å². The van der Waals surface area contributed by atoms with Gasteiger partial charge in [0.15, 0.2) is 0 Å². The lowest BCUT2D eigenvalue weighted by atomic mass is 10.1. The van der Waals surface area contributed by atoms with Crippen LogP contribution in [0.5, 0.6) is 0 Å². The number of hydrogen-bond acceptors (Lipinski definition) is 3. The number of nitrogen functional groups attached to an aromatic ring is 1. The van der Waals surface area contributed by atoms with Crippen molar-refractivity contribution in [3.63, 3.8) is 0 Å². The molecule has 1 unspecified atom stereocenters. The highest BCUT2D eigenvalue weighted by atomic mass is 16.2. The second-order valence-corrected chi connectivity index (χ2v) is 4.34. The van der Waals surface area contributed by atoms with Crippen LogP contribution in [-0.4, -0.2) is 23.1 Å². The van der Waals surface area contributed by atoms with Gasteiger partial charge in [-0.1, -0.05) is 13.3 Å². The quantitative estimate of drug-likeness (QED) is 0.633. The molecule has 1 aliphatic rings. The summed E-state index contributed by atoms with van der Waals surface area (Å²) in [6.45, 7) is 2.49. The van der Waals surface area contributed by atoms with Gasteiger partial charge >= 0.3 is 0 Å². The molecular formula is C13H16N2O2. The molecule has 0 saturated carbocycles. The Bertz CT molecular complexity index is 457. The molecule has 1 aromatic carbocycles. The van der Waals surface area contributed by atoms with Gasteiger partial charge in [-0.3, -0.25) is 4.79 Å². The number of carbonyl (C=O) groups excluding carboxylic acids is 2. The van der Waals surface area contributed by atoms with Gasteiger partial charge in [0.2, 0.25) is 0 Å². The molecule has 90 valence electrons. The van der Waals surface area contributed by atoms with Crippen LogP contribution in [0, 0.1) is 0 Å². The standard InChI is InChI=1S/C13H16N2O2/c1-2-3-11(8-16)15-7-9-6-10(14)4-5-12(9)13(15)17/h4-6,8,11H,2-3,7,14H2,1H3. The fourth-order valence-corrected chi connectivity index (χ4v) is 2.22. The fraction of sp³-hybridized carbons (Fsp3) is 0.385. The van der Waals surface area contributed by atoms with Crippen molar-refractivity contribution in [2.24, 2.45) is 0 Å². The molecule has 17 heavy (non-hydrogen) atoms. The van der Waals surface area contributed by atoms with Gasteiger partial charge in [0, 0.05) is 17.8 Å². The average Bonchev–Trinajstić information content (AvgIpc) is 2.63. The Morgan fingerprint density at radius 1 is 1.53 bits per heavy atom. The normalized spacial score (nSPS) is 15.8. The van der Waals surface area contributed by atoms with Gasteiger partial charge in [-0.05, 0) is 30.2 Å². The molecule has 0 aliphatic carbocycles. The Morgan fingerprint density at radius 3 is 2.94 bits per heavy atom. The number of nitrogens with two attached hydrogens (primary N) is 1. The number of rotatable bonds is 4. The number of carbonyl (C=O) groups is 2. The molecule has 0 spiro atoms. The molecule has 0 radical (unpaired) electrons. The molecule has 0 fully saturated rings. The van der Waals surface area contributed by atoms with E-state index in [1.807, 2.05) is 6.92 Å². The van der Waals surface area contributed by atoms with Crippen LogP contribution in [0.4, 0.5) is 5.69 Å². The first kappa shape index (κ1) is 11.6. The summed E-state index contributed by atoms with van der Waals surface area (Å²) < 4.78 is 0. The highest BCUT2D eigenvalue weighted by Gasteiger charge is 2.31. The monoisotopic (exact) mass is 232 g/mol. The Hall–Kier alpha value is -1.84. The van der Waals surface area contributed by atoms with E-state index < -0.39 is 0 Å². The Labute approximate surface area is 100 Å². The molecule has 0 bridgehead atoms. The van der Waals surface area contributed by atoms with Gasteiger partial charge in [-0.15, -0.1) is 0 Å². The minimum absolute atomic E-state index is 0.0643. The van der Waals surface area contributed by atoms with E-state index in [9.17, 15) is 9.59 Å². The third kappa shape index (κ3) is 2.02. The van der Waals surface area contributed by atoms with E-state index in [1.54, 1.807) is 23.1 Å². The van der Waals surface area contributed by atoms with E-state index in [2.05, 4.69) is 0 Å². The van der Waals surface area contributed by atoms with Crippen LogP contribution >= 0.6 is 0 Å². The third-order valence-electron chi connectivity index (χ3n) is 3.10. The molecule has 1 aliphatic heterocycles. The molecule has 1 heterocycles. The lowest BCUT2D eigenvalue weighted by Gasteiger charge is -2.22. The number of anilines is 1. The molecule has 4 heteroatoms. The summed E-state index contributed by atoms with van der Waals surface area (Å²) in [5.41, 5.74) is 7.92. The number of nitrogens with zero attached hydrogens (tertiary/aromatic N) is 1. The first-order valence-corrected chi connectivity index (χ1v) is 5.82. The second kappa shape index (κ2) is 4.57. The molecule has 2 rings (SSSR count). The van der Waals surface area contributed by atoms with Gasteiger partial charge in [-0.2, -0.15) is 0 Å². The molecule has 1 aromatic rings. The van der Waals surface area contributed by atoms with Crippen LogP contribution in [0.1, 0.15) is 35.7 Å². The summed E-state index contributed by atoms with van der Waals surface area (Å²) in [6.07, 6.45) is 2.45. The maximum atomic E-state index is 12.1. The lowest BCUT2D eigenvalue weighted by molar-refractivity contribution is -0.112. The zero-order valence-electron chi connectivity index (χ0n) is 9.85. The minimum Gasteiger partial charge on any atom is -0.399 e. The van der Waals surface area contributed by atoms with Crippen molar-refractivity contribution >= 4 is 17.9 Å².